The van der Waals surface area contributed by atoms with Gasteiger partial charge in [0.15, 0.2) is 6.61 Å². The van der Waals surface area contributed by atoms with E-state index in [0.717, 1.165) is 19.3 Å². The number of hydrogen-bond acceptors (Lipinski definition) is 6. The number of likely N-dealkylation sites (tertiary alicyclic amines) is 1. The number of hydrogen-bond donors (Lipinski definition) is 1. The van der Waals surface area contributed by atoms with Crippen LogP contribution in [-0.4, -0.2) is 47.4 Å². The molecule has 1 aliphatic rings. The number of carbonyl (C=O) groups excluding carboxylic acids is 2. The number of nitro groups is 1. The van der Waals surface area contributed by atoms with Gasteiger partial charge >= 0.3 is 0 Å². The molecule has 2 unspecified atom stereocenters. The van der Waals surface area contributed by atoms with E-state index < -0.39 is 10.8 Å². The average Bonchev–Trinajstić information content (AvgIpc) is 2.77. The summed E-state index contributed by atoms with van der Waals surface area (Å²) < 4.78 is 10.8. The minimum absolute atomic E-state index is 0.0516. The second-order valence-corrected chi connectivity index (χ2v) is 7.84. The number of nitrogens with zero attached hydrogens (tertiary/aromatic N) is 2. The van der Waals surface area contributed by atoms with Crippen LogP contribution in [0.15, 0.2) is 42.5 Å². The highest BCUT2D eigenvalue weighted by atomic mass is 16.6. The predicted molar refractivity (Wildman–Crippen MR) is 119 cm³/mol. The fraction of sp³-hybridized carbons (Fsp3) is 0.391. The lowest BCUT2D eigenvalue weighted by atomic mass is 9.97. The second-order valence-electron chi connectivity index (χ2n) is 7.84. The lowest BCUT2D eigenvalue weighted by molar-refractivity contribution is -0.384. The molecular weight excluding hydrogens is 414 g/mol. The van der Waals surface area contributed by atoms with Gasteiger partial charge in [-0.05, 0) is 63.4 Å². The van der Waals surface area contributed by atoms with E-state index in [0.29, 0.717) is 17.1 Å². The first-order chi connectivity index (χ1) is 15.3. The summed E-state index contributed by atoms with van der Waals surface area (Å²) in [5.74, 6) is 0.274. The number of anilines is 1. The fourth-order valence-corrected chi connectivity index (χ4v) is 3.94. The van der Waals surface area contributed by atoms with Gasteiger partial charge in [0.05, 0.1) is 17.7 Å². The Kier molecular flexibility index (Phi) is 7.29. The van der Waals surface area contributed by atoms with E-state index in [2.05, 4.69) is 19.2 Å². The number of amides is 2. The van der Waals surface area contributed by atoms with Gasteiger partial charge in [0.2, 0.25) is 0 Å². The molecular formula is C23H27N3O6. The third-order valence-electron chi connectivity index (χ3n) is 5.60. The number of carbonyl (C=O) groups is 2. The molecule has 0 aliphatic carbocycles. The number of non-ortho nitro benzene ring substituents is 1. The van der Waals surface area contributed by atoms with Crippen molar-refractivity contribution in [1.82, 2.24) is 4.90 Å². The smallest absolute Gasteiger partial charge is 0.271 e. The van der Waals surface area contributed by atoms with Crippen molar-refractivity contribution in [1.29, 1.82) is 0 Å². The number of nitro benzene ring substituents is 1. The zero-order valence-electron chi connectivity index (χ0n) is 18.4. The molecule has 1 fully saturated rings. The molecule has 2 amide bonds. The maximum Gasteiger partial charge on any atom is 0.271 e. The Labute approximate surface area is 186 Å². The zero-order valence-corrected chi connectivity index (χ0v) is 18.4. The van der Waals surface area contributed by atoms with E-state index in [9.17, 15) is 19.7 Å². The summed E-state index contributed by atoms with van der Waals surface area (Å²) in [6, 6.07) is 10.7. The van der Waals surface area contributed by atoms with Gasteiger partial charge in [0.25, 0.3) is 17.5 Å². The minimum Gasteiger partial charge on any atom is -0.495 e. The number of nitrogens with one attached hydrogen (secondary N) is 1. The summed E-state index contributed by atoms with van der Waals surface area (Å²) in [5.41, 5.74) is 0.366. The average molecular weight is 441 g/mol. The molecule has 1 aliphatic heterocycles. The van der Waals surface area contributed by atoms with Crippen LogP contribution in [0.25, 0.3) is 0 Å². The van der Waals surface area contributed by atoms with Crippen molar-refractivity contribution in [3.63, 3.8) is 0 Å². The first-order valence-corrected chi connectivity index (χ1v) is 10.5. The van der Waals surface area contributed by atoms with Gasteiger partial charge in [-0.1, -0.05) is 0 Å². The van der Waals surface area contributed by atoms with Crippen molar-refractivity contribution < 1.29 is 24.0 Å². The normalized spacial score (nSPS) is 18.0. The Morgan fingerprint density at radius 2 is 1.78 bits per heavy atom. The topological polar surface area (TPSA) is 111 Å². The Bertz CT molecular complexity index is 982. The Morgan fingerprint density at radius 1 is 1.12 bits per heavy atom. The molecule has 0 radical (unpaired) electrons. The van der Waals surface area contributed by atoms with Crippen LogP contribution in [0.3, 0.4) is 0 Å². The predicted octanol–water partition coefficient (Wildman–Crippen LogP) is 4.02. The van der Waals surface area contributed by atoms with Crippen LogP contribution < -0.4 is 14.8 Å². The number of piperidine rings is 1. The standard InChI is InChI=1S/C23H27N3O6/c1-15-5-4-6-16(2)25(15)22(27)14-32-19-10-7-17(8-11-19)23(28)24-20-13-18(26(29)30)9-12-21(20)31-3/h7-13,15-16H,4-6,14H2,1-3H3,(H,24,28). The molecule has 9 heteroatoms. The van der Waals surface area contributed by atoms with Gasteiger partial charge < -0.3 is 19.7 Å². The van der Waals surface area contributed by atoms with E-state index >= 15 is 0 Å². The maximum absolute atomic E-state index is 12.6. The van der Waals surface area contributed by atoms with Crippen molar-refractivity contribution >= 4 is 23.2 Å². The number of ether oxygens (including phenoxy) is 2. The van der Waals surface area contributed by atoms with Crippen molar-refractivity contribution in [3.8, 4) is 11.5 Å². The summed E-state index contributed by atoms with van der Waals surface area (Å²) in [7, 11) is 1.41. The SMILES string of the molecule is COc1ccc([N+](=O)[O-])cc1NC(=O)c1ccc(OCC(=O)N2C(C)CCCC2C)cc1. The van der Waals surface area contributed by atoms with Gasteiger partial charge in [-0.25, -0.2) is 0 Å². The van der Waals surface area contributed by atoms with Gasteiger partial charge in [-0.2, -0.15) is 0 Å². The molecule has 9 nitrogen and oxygen atoms in total. The van der Waals surface area contributed by atoms with Crippen LogP contribution in [0, 0.1) is 10.1 Å². The first-order valence-electron chi connectivity index (χ1n) is 10.5. The quantitative estimate of drug-likeness (QED) is 0.513. The maximum atomic E-state index is 12.6. The van der Waals surface area contributed by atoms with Crippen molar-refractivity contribution in [2.75, 3.05) is 19.0 Å². The van der Waals surface area contributed by atoms with Crippen LogP contribution >= 0.6 is 0 Å². The summed E-state index contributed by atoms with van der Waals surface area (Å²) in [4.78, 5) is 37.5. The van der Waals surface area contributed by atoms with Crippen molar-refractivity contribution in [3.05, 3.63) is 58.1 Å². The van der Waals surface area contributed by atoms with Gasteiger partial charge in [0.1, 0.15) is 11.5 Å². The summed E-state index contributed by atoms with van der Waals surface area (Å²) >= 11 is 0. The minimum atomic E-state index is -0.548. The monoisotopic (exact) mass is 441 g/mol. The van der Waals surface area contributed by atoms with Crippen molar-refractivity contribution in [2.45, 2.75) is 45.2 Å². The first kappa shape index (κ1) is 23.1. The summed E-state index contributed by atoms with van der Waals surface area (Å²) in [5, 5.41) is 13.6. The molecule has 0 saturated carbocycles. The largest absolute Gasteiger partial charge is 0.495 e. The molecule has 1 heterocycles. The van der Waals surface area contributed by atoms with E-state index in [4.69, 9.17) is 9.47 Å². The Hall–Kier alpha value is -3.62. The number of rotatable bonds is 7. The second kappa shape index (κ2) is 10.1. The molecule has 32 heavy (non-hydrogen) atoms. The summed E-state index contributed by atoms with van der Waals surface area (Å²) in [6.07, 6.45) is 3.11. The third-order valence-corrected chi connectivity index (χ3v) is 5.60. The molecule has 1 saturated heterocycles. The fourth-order valence-electron chi connectivity index (χ4n) is 3.94. The van der Waals surface area contributed by atoms with Gasteiger partial charge in [0, 0.05) is 29.8 Å². The molecule has 2 atom stereocenters. The van der Waals surface area contributed by atoms with E-state index in [-0.39, 0.29) is 36.0 Å². The Balaban J connectivity index is 1.62. The van der Waals surface area contributed by atoms with Crippen LogP contribution in [0.4, 0.5) is 11.4 Å². The number of methoxy groups -OCH3 is 1. The van der Waals surface area contributed by atoms with Gasteiger partial charge in [-0.15, -0.1) is 0 Å². The molecule has 1 N–H and O–H groups in total. The summed E-state index contributed by atoms with van der Waals surface area (Å²) in [6.45, 7) is 4.04. The third kappa shape index (κ3) is 5.35. The van der Waals surface area contributed by atoms with Crippen LogP contribution in [0.2, 0.25) is 0 Å². The van der Waals surface area contributed by atoms with E-state index in [1.807, 2.05) is 4.90 Å². The Morgan fingerprint density at radius 3 is 2.38 bits per heavy atom. The molecule has 170 valence electrons. The molecule has 2 aromatic carbocycles. The lowest BCUT2D eigenvalue weighted by Crippen LogP contribution is -2.49. The molecule has 0 aromatic heterocycles. The highest BCUT2D eigenvalue weighted by Crippen LogP contribution is 2.29. The molecule has 0 spiro atoms. The molecule has 3 rings (SSSR count). The van der Waals surface area contributed by atoms with E-state index in [1.54, 1.807) is 24.3 Å². The molecule has 2 aromatic rings. The van der Waals surface area contributed by atoms with E-state index in [1.165, 1.54) is 25.3 Å². The zero-order chi connectivity index (χ0) is 23.3. The van der Waals surface area contributed by atoms with Crippen molar-refractivity contribution in [2.24, 2.45) is 0 Å². The van der Waals surface area contributed by atoms with Crippen LogP contribution in [-0.2, 0) is 4.79 Å². The van der Waals surface area contributed by atoms with Crippen LogP contribution in [0.1, 0.15) is 43.5 Å². The lowest BCUT2D eigenvalue weighted by Gasteiger charge is -2.38. The highest BCUT2D eigenvalue weighted by molar-refractivity contribution is 6.05. The number of benzene rings is 2. The van der Waals surface area contributed by atoms with Crippen LogP contribution in [0.5, 0.6) is 11.5 Å². The molecule has 0 bridgehead atoms. The highest BCUT2D eigenvalue weighted by Gasteiger charge is 2.29. The van der Waals surface area contributed by atoms with Gasteiger partial charge in [-0.3, -0.25) is 19.7 Å².